The number of aliphatic hydroxyl groups excluding tert-OH is 2. The molecule has 3 unspecified atom stereocenters. The van der Waals surface area contributed by atoms with E-state index in [1.54, 1.807) is 0 Å². The molecule has 2 aliphatic carbocycles. The van der Waals surface area contributed by atoms with Crippen LogP contribution in [0.5, 0.6) is 0 Å². The minimum absolute atomic E-state index is 0.0421. The van der Waals surface area contributed by atoms with Gasteiger partial charge in [0.05, 0.1) is 13.2 Å². The molecule has 2 heteroatoms. The van der Waals surface area contributed by atoms with E-state index in [2.05, 4.69) is 31.2 Å². The fourth-order valence-electron chi connectivity index (χ4n) is 4.51. The Balaban J connectivity index is 1.82. The second kappa shape index (κ2) is 5.50. The standard InChI is InChI=1S/C18H26O2/c1-13-2-6-17(7-3-13)18(11-19,12-20)10-16-9-14-4-5-15(16)8-14/h2-3,6-7,14-16,19-20H,4-5,8-12H2,1H3. The van der Waals surface area contributed by atoms with Crippen molar-refractivity contribution in [2.24, 2.45) is 17.8 Å². The van der Waals surface area contributed by atoms with Crippen LogP contribution in [0.25, 0.3) is 0 Å². The zero-order valence-electron chi connectivity index (χ0n) is 12.4. The minimum atomic E-state index is -0.456. The van der Waals surface area contributed by atoms with Crippen molar-refractivity contribution in [3.05, 3.63) is 35.4 Å². The summed E-state index contributed by atoms with van der Waals surface area (Å²) < 4.78 is 0. The average molecular weight is 274 g/mol. The molecule has 1 aromatic rings. The molecule has 2 bridgehead atoms. The van der Waals surface area contributed by atoms with Crippen molar-refractivity contribution in [3.63, 3.8) is 0 Å². The van der Waals surface area contributed by atoms with Gasteiger partial charge in [-0.05, 0) is 55.9 Å². The van der Waals surface area contributed by atoms with Crippen molar-refractivity contribution in [2.45, 2.75) is 44.4 Å². The van der Waals surface area contributed by atoms with Gasteiger partial charge in [-0.1, -0.05) is 36.2 Å². The Morgan fingerprint density at radius 1 is 1.05 bits per heavy atom. The van der Waals surface area contributed by atoms with E-state index in [9.17, 15) is 10.2 Å². The number of aryl methyl sites for hydroxylation is 1. The molecular formula is C18H26O2. The van der Waals surface area contributed by atoms with Crippen LogP contribution in [0.1, 0.15) is 43.2 Å². The van der Waals surface area contributed by atoms with Gasteiger partial charge in [-0.15, -0.1) is 0 Å². The summed E-state index contributed by atoms with van der Waals surface area (Å²) >= 11 is 0. The predicted molar refractivity (Wildman–Crippen MR) is 80.6 cm³/mol. The van der Waals surface area contributed by atoms with E-state index in [-0.39, 0.29) is 13.2 Å². The normalized spacial score (nSPS) is 29.1. The zero-order chi connectivity index (χ0) is 14.2. The Morgan fingerprint density at radius 3 is 2.25 bits per heavy atom. The highest BCUT2D eigenvalue weighted by molar-refractivity contribution is 5.29. The largest absolute Gasteiger partial charge is 0.395 e. The molecule has 2 nitrogen and oxygen atoms in total. The molecule has 110 valence electrons. The second-order valence-corrected chi connectivity index (χ2v) is 7.10. The molecule has 3 rings (SSSR count). The lowest BCUT2D eigenvalue weighted by molar-refractivity contribution is 0.0847. The van der Waals surface area contributed by atoms with Crippen molar-refractivity contribution in [2.75, 3.05) is 13.2 Å². The molecule has 1 aromatic carbocycles. The summed E-state index contributed by atoms with van der Waals surface area (Å²) in [5, 5.41) is 19.9. The third-order valence-corrected chi connectivity index (χ3v) is 5.81. The Bertz CT molecular complexity index is 447. The van der Waals surface area contributed by atoms with Crippen LogP contribution in [0.3, 0.4) is 0 Å². The molecule has 0 radical (unpaired) electrons. The molecule has 2 aliphatic rings. The average Bonchev–Trinajstić information content (AvgIpc) is 3.08. The molecule has 0 aliphatic heterocycles. The summed E-state index contributed by atoms with van der Waals surface area (Å²) in [6, 6.07) is 8.32. The molecule has 0 aromatic heterocycles. The van der Waals surface area contributed by atoms with Crippen LogP contribution in [0.4, 0.5) is 0 Å². The lowest BCUT2D eigenvalue weighted by atomic mass is 9.71. The van der Waals surface area contributed by atoms with E-state index in [0.29, 0.717) is 5.92 Å². The molecular weight excluding hydrogens is 248 g/mol. The summed E-state index contributed by atoms with van der Waals surface area (Å²) in [6.07, 6.45) is 6.38. The first-order chi connectivity index (χ1) is 9.66. The molecule has 0 heterocycles. The molecule has 2 saturated carbocycles. The van der Waals surface area contributed by atoms with E-state index < -0.39 is 5.41 Å². The fourth-order valence-corrected chi connectivity index (χ4v) is 4.51. The van der Waals surface area contributed by atoms with Crippen LogP contribution in [-0.4, -0.2) is 23.4 Å². The second-order valence-electron chi connectivity index (χ2n) is 7.10. The zero-order valence-corrected chi connectivity index (χ0v) is 12.4. The van der Waals surface area contributed by atoms with Crippen molar-refractivity contribution < 1.29 is 10.2 Å². The number of hydrogen-bond acceptors (Lipinski definition) is 2. The minimum Gasteiger partial charge on any atom is -0.395 e. The van der Waals surface area contributed by atoms with E-state index >= 15 is 0 Å². The molecule has 0 spiro atoms. The Kier molecular flexibility index (Phi) is 3.87. The first kappa shape index (κ1) is 14.1. The van der Waals surface area contributed by atoms with Crippen LogP contribution in [0, 0.1) is 24.7 Å². The summed E-state index contributed by atoms with van der Waals surface area (Å²) in [7, 11) is 0. The van der Waals surface area contributed by atoms with Crippen molar-refractivity contribution in [1.29, 1.82) is 0 Å². The monoisotopic (exact) mass is 274 g/mol. The van der Waals surface area contributed by atoms with Gasteiger partial charge in [0.1, 0.15) is 0 Å². The highest BCUT2D eigenvalue weighted by Crippen LogP contribution is 2.52. The molecule has 2 N–H and O–H groups in total. The van der Waals surface area contributed by atoms with Crippen molar-refractivity contribution >= 4 is 0 Å². The van der Waals surface area contributed by atoms with Crippen LogP contribution in [0.2, 0.25) is 0 Å². The maximum Gasteiger partial charge on any atom is 0.0550 e. The number of aliphatic hydroxyl groups is 2. The van der Waals surface area contributed by atoms with Crippen LogP contribution in [0.15, 0.2) is 24.3 Å². The molecule has 2 fully saturated rings. The summed E-state index contributed by atoms with van der Waals surface area (Å²) in [4.78, 5) is 0. The number of rotatable bonds is 5. The smallest absolute Gasteiger partial charge is 0.0550 e. The molecule has 3 atom stereocenters. The van der Waals surface area contributed by atoms with Gasteiger partial charge in [0.2, 0.25) is 0 Å². The van der Waals surface area contributed by atoms with Gasteiger partial charge in [0.25, 0.3) is 0 Å². The lowest BCUT2D eigenvalue weighted by Crippen LogP contribution is -2.38. The van der Waals surface area contributed by atoms with Gasteiger partial charge < -0.3 is 10.2 Å². The quantitative estimate of drug-likeness (QED) is 0.866. The molecule has 20 heavy (non-hydrogen) atoms. The van der Waals surface area contributed by atoms with Crippen LogP contribution >= 0.6 is 0 Å². The van der Waals surface area contributed by atoms with E-state index in [0.717, 1.165) is 23.8 Å². The van der Waals surface area contributed by atoms with Gasteiger partial charge in [-0.25, -0.2) is 0 Å². The van der Waals surface area contributed by atoms with Gasteiger partial charge in [0.15, 0.2) is 0 Å². The maximum absolute atomic E-state index is 9.97. The number of benzene rings is 1. The van der Waals surface area contributed by atoms with E-state index in [1.165, 1.54) is 31.2 Å². The Morgan fingerprint density at radius 2 is 1.75 bits per heavy atom. The SMILES string of the molecule is Cc1ccc(C(CO)(CO)CC2CC3CCC2C3)cc1. The van der Waals surface area contributed by atoms with Gasteiger partial charge in [0, 0.05) is 5.41 Å². The lowest BCUT2D eigenvalue weighted by Gasteiger charge is -2.36. The molecule has 0 amide bonds. The third kappa shape index (κ3) is 2.40. The Hall–Kier alpha value is -0.860. The summed E-state index contributed by atoms with van der Waals surface area (Å²) in [5.41, 5.74) is 1.86. The van der Waals surface area contributed by atoms with Crippen LogP contribution < -0.4 is 0 Å². The Labute approximate surface area is 121 Å². The van der Waals surface area contributed by atoms with Gasteiger partial charge in [-0.2, -0.15) is 0 Å². The topological polar surface area (TPSA) is 40.5 Å². The van der Waals surface area contributed by atoms with Crippen molar-refractivity contribution in [3.8, 4) is 0 Å². The number of fused-ring (bicyclic) bond motifs is 2. The summed E-state index contributed by atoms with van der Waals surface area (Å²) in [6.45, 7) is 2.15. The van der Waals surface area contributed by atoms with E-state index in [4.69, 9.17) is 0 Å². The van der Waals surface area contributed by atoms with Crippen molar-refractivity contribution in [1.82, 2.24) is 0 Å². The van der Waals surface area contributed by atoms with Gasteiger partial charge in [-0.3, -0.25) is 0 Å². The predicted octanol–water partition coefficient (Wildman–Crippen LogP) is 3.04. The van der Waals surface area contributed by atoms with E-state index in [1.807, 2.05) is 0 Å². The first-order valence-electron chi connectivity index (χ1n) is 7.96. The third-order valence-electron chi connectivity index (χ3n) is 5.81. The highest BCUT2D eigenvalue weighted by atomic mass is 16.3. The summed E-state index contributed by atoms with van der Waals surface area (Å²) in [5.74, 6) is 2.44. The highest BCUT2D eigenvalue weighted by Gasteiger charge is 2.44. The number of hydrogen-bond donors (Lipinski definition) is 2. The maximum atomic E-state index is 9.97. The molecule has 0 saturated heterocycles. The van der Waals surface area contributed by atoms with Crippen LogP contribution in [-0.2, 0) is 5.41 Å². The fraction of sp³-hybridized carbons (Fsp3) is 0.667. The van der Waals surface area contributed by atoms with Gasteiger partial charge >= 0.3 is 0 Å². The first-order valence-corrected chi connectivity index (χ1v) is 7.96.